The van der Waals surface area contributed by atoms with E-state index in [-0.39, 0.29) is 26.1 Å². The van der Waals surface area contributed by atoms with Gasteiger partial charge in [-0.25, -0.2) is 4.57 Å². The molecule has 0 aliphatic carbocycles. The molecule has 0 aliphatic rings. The number of allylic oxidation sites excluding steroid dienone is 18. The second-order valence-corrected chi connectivity index (χ2v) is 17.0. The number of aliphatic hydroxyl groups excluding tert-OH is 1. The predicted octanol–water partition coefficient (Wildman–Crippen LogP) is 11.9. The molecule has 0 bridgehead atoms. The minimum absolute atomic E-state index is 0.00376. The van der Waals surface area contributed by atoms with Crippen LogP contribution in [0.15, 0.2) is 122 Å². The zero-order valence-electron chi connectivity index (χ0n) is 38.2. The minimum Gasteiger partial charge on any atom is -0.462 e. The van der Waals surface area contributed by atoms with E-state index in [2.05, 4.69) is 80.7 Å². The van der Waals surface area contributed by atoms with E-state index in [0.29, 0.717) is 36.7 Å². The highest BCUT2D eigenvalue weighted by atomic mass is 31.2. The second kappa shape index (κ2) is 40.4. The molecule has 0 saturated heterocycles. The minimum atomic E-state index is -4.43. The van der Waals surface area contributed by atoms with E-state index in [0.717, 1.165) is 51.4 Å². The van der Waals surface area contributed by atoms with Gasteiger partial charge in [0.25, 0.3) is 0 Å². The smallest absolute Gasteiger partial charge is 0.462 e. The van der Waals surface area contributed by atoms with Crippen LogP contribution in [0, 0.1) is 0 Å². The van der Waals surface area contributed by atoms with E-state index in [1.165, 1.54) is 19.3 Å². The highest BCUT2D eigenvalue weighted by Crippen LogP contribution is 2.43. The molecule has 3 atom stereocenters. The number of hydrogen-bond donors (Lipinski definition) is 2. The Kier molecular flexibility index (Phi) is 38.0. The van der Waals surface area contributed by atoms with E-state index in [9.17, 15) is 24.2 Å². The summed E-state index contributed by atoms with van der Waals surface area (Å²) in [4.78, 5) is 35.3. The van der Waals surface area contributed by atoms with Crippen molar-refractivity contribution in [2.45, 2.75) is 135 Å². The van der Waals surface area contributed by atoms with Crippen molar-refractivity contribution in [2.24, 2.45) is 0 Å². The van der Waals surface area contributed by atoms with Crippen molar-refractivity contribution < 1.29 is 47.2 Å². The van der Waals surface area contributed by atoms with Gasteiger partial charge < -0.3 is 24.0 Å². The monoisotopic (exact) mass is 871 g/mol. The standard InChI is InChI=1S/C50H80NO9P/c1-6-8-10-11-12-13-14-15-16-17-18-21-25-28-31-34-38-42-50(54)60-48(46-59-61(55,56)58-44-43-51(3,4)5)45-57-49(53)41-37-33-30-27-24-22-19-20-23-26-29-32-36-40-47(52)39-35-9-7-2/h9,12-13,15-16,18,20-24,28-33,35-36,40,47-48,52H,6-8,10-11,14,17,19,25-27,34,37-39,41-46H2,1-5H3/p+1/b13-12-,16-15-,21-18-,23-20-,24-22-,31-28-,32-29+,33-30-,35-9-,40-36+/t47?,48-/m1/s1. The number of ether oxygens (including phenoxy) is 2. The van der Waals surface area contributed by atoms with Gasteiger partial charge in [0.1, 0.15) is 19.8 Å². The number of phosphoric acid groups is 1. The van der Waals surface area contributed by atoms with Gasteiger partial charge in [0.05, 0.1) is 33.9 Å². The molecule has 0 amide bonds. The fourth-order valence-electron chi connectivity index (χ4n) is 5.06. The Morgan fingerprint density at radius 1 is 0.607 bits per heavy atom. The molecule has 0 heterocycles. The van der Waals surface area contributed by atoms with Crippen LogP contribution < -0.4 is 0 Å². The normalized spacial score (nSPS) is 15.2. The van der Waals surface area contributed by atoms with Crippen LogP contribution in [0.3, 0.4) is 0 Å². The van der Waals surface area contributed by atoms with Crippen LogP contribution in [0.2, 0.25) is 0 Å². The summed E-state index contributed by atoms with van der Waals surface area (Å²) < 4.78 is 34.1. The van der Waals surface area contributed by atoms with Gasteiger partial charge >= 0.3 is 19.8 Å². The molecule has 0 spiro atoms. The molecule has 0 fully saturated rings. The first-order valence-electron chi connectivity index (χ1n) is 22.4. The summed E-state index contributed by atoms with van der Waals surface area (Å²) >= 11 is 0. The van der Waals surface area contributed by atoms with Crippen molar-refractivity contribution in [2.75, 3.05) is 47.5 Å². The van der Waals surface area contributed by atoms with E-state index < -0.39 is 38.6 Å². The molecule has 2 N–H and O–H groups in total. The first kappa shape index (κ1) is 57.4. The number of nitrogens with zero attached hydrogens (tertiary/aromatic N) is 1. The maximum absolute atomic E-state index is 12.7. The Labute approximate surface area is 370 Å². The van der Waals surface area contributed by atoms with Gasteiger partial charge in [-0.1, -0.05) is 148 Å². The van der Waals surface area contributed by atoms with Crippen LogP contribution in [-0.2, 0) is 32.7 Å². The molecule has 0 aromatic rings. The molecule has 0 aliphatic heterocycles. The van der Waals surface area contributed by atoms with Gasteiger partial charge in [-0.05, 0) is 83.5 Å². The zero-order valence-corrected chi connectivity index (χ0v) is 39.1. The molecule has 344 valence electrons. The van der Waals surface area contributed by atoms with Crippen molar-refractivity contribution >= 4 is 19.8 Å². The largest absolute Gasteiger partial charge is 0.472 e. The Hall–Kier alpha value is -3.63. The Balaban J connectivity index is 4.63. The summed E-state index contributed by atoms with van der Waals surface area (Å²) in [7, 11) is 1.36. The second-order valence-electron chi connectivity index (χ2n) is 15.5. The van der Waals surface area contributed by atoms with Gasteiger partial charge in [0.2, 0.25) is 0 Å². The van der Waals surface area contributed by atoms with Gasteiger partial charge in [-0.15, -0.1) is 0 Å². The fourth-order valence-corrected chi connectivity index (χ4v) is 5.80. The molecule has 10 nitrogen and oxygen atoms in total. The molecule has 2 unspecified atom stereocenters. The van der Waals surface area contributed by atoms with Crippen molar-refractivity contribution in [1.82, 2.24) is 0 Å². The van der Waals surface area contributed by atoms with Crippen LogP contribution >= 0.6 is 7.82 Å². The van der Waals surface area contributed by atoms with Gasteiger partial charge in [-0.3, -0.25) is 18.6 Å². The van der Waals surface area contributed by atoms with Crippen molar-refractivity contribution in [3.63, 3.8) is 0 Å². The average molecular weight is 871 g/mol. The molecule has 11 heteroatoms. The van der Waals surface area contributed by atoms with E-state index in [1.54, 1.807) is 6.08 Å². The van der Waals surface area contributed by atoms with E-state index in [1.807, 2.05) is 69.8 Å². The number of likely N-dealkylation sites (N-methyl/N-ethyl adjacent to an activating group) is 1. The number of unbranched alkanes of at least 4 members (excludes halogenated alkanes) is 4. The number of aliphatic hydroxyl groups is 1. The lowest BCUT2D eigenvalue weighted by Crippen LogP contribution is -2.37. The summed E-state index contributed by atoms with van der Waals surface area (Å²) in [6.07, 6.45) is 53.2. The van der Waals surface area contributed by atoms with Crippen LogP contribution in [-0.4, -0.2) is 86.1 Å². The zero-order chi connectivity index (χ0) is 45.1. The maximum Gasteiger partial charge on any atom is 0.472 e. The van der Waals surface area contributed by atoms with Gasteiger partial charge in [0.15, 0.2) is 6.10 Å². The SMILES string of the molecule is CC/C=C\CC(O)/C=C/C=C/C/C=C\C/C=C\C/C=C\CCC(=O)OC[C@H](COP(=O)(O)OCC[N+](C)(C)C)OC(=O)CCC/C=C\C/C=C\C/C=C\C/C=C\CCCCC. The number of carbonyl (C=O) groups is 2. The van der Waals surface area contributed by atoms with Crippen LogP contribution in [0.5, 0.6) is 0 Å². The summed E-state index contributed by atoms with van der Waals surface area (Å²) in [5.74, 6) is -0.998. The lowest BCUT2D eigenvalue weighted by atomic mass is 10.2. The first-order chi connectivity index (χ1) is 29.4. The predicted molar refractivity (Wildman–Crippen MR) is 253 cm³/mol. The molecular formula is C50H81NO9P+. The number of quaternary nitrogens is 1. The lowest BCUT2D eigenvalue weighted by molar-refractivity contribution is -0.870. The quantitative estimate of drug-likeness (QED) is 0.0156. The topological polar surface area (TPSA) is 129 Å². The Morgan fingerprint density at radius 3 is 1.70 bits per heavy atom. The van der Waals surface area contributed by atoms with Crippen molar-refractivity contribution in [1.29, 1.82) is 0 Å². The summed E-state index contributed by atoms with van der Waals surface area (Å²) in [6, 6.07) is 0. The summed E-state index contributed by atoms with van der Waals surface area (Å²) in [5.41, 5.74) is 0. The summed E-state index contributed by atoms with van der Waals surface area (Å²) in [6.45, 7) is 3.98. The number of rotatable bonds is 38. The number of hydrogen-bond acceptors (Lipinski definition) is 8. The highest BCUT2D eigenvalue weighted by molar-refractivity contribution is 7.47. The number of carbonyl (C=O) groups excluding carboxylic acids is 2. The van der Waals surface area contributed by atoms with Crippen LogP contribution in [0.1, 0.15) is 123 Å². The van der Waals surface area contributed by atoms with Crippen LogP contribution in [0.25, 0.3) is 0 Å². The van der Waals surface area contributed by atoms with Crippen molar-refractivity contribution in [3.05, 3.63) is 122 Å². The molecule has 0 saturated carbocycles. The number of phosphoric ester groups is 1. The van der Waals surface area contributed by atoms with Crippen LogP contribution in [0.4, 0.5) is 0 Å². The highest BCUT2D eigenvalue weighted by Gasteiger charge is 2.27. The van der Waals surface area contributed by atoms with E-state index >= 15 is 0 Å². The fraction of sp³-hybridized carbons (Fsp3) is 0.560. The van der Waals surface area contributed by atoms with Gasteiger partial charge in [0, 0.05) is 12.8 Å². The lowest BCUT2D eigenvalue weighted by Gasteiger charge is -2.24. The van der Waals surface area contributed by atoms with Gasteiger partial charge in [-0.2, -0.15) is 0 Å². The third-order valence-electron chi connectivity index (χ3n) is 8.57. The molecule has 0 rings (SSSR count). The Bertz CT molecular complexity index is 1460. The molecule has 0 aromatic heterocycles. The van der Waals surface area contributed by atoms with Crippen molar-refractivity contribution in [3.8, 4) is 0 Å². The molecular weight excluding hydrogens is 790 g/mol. The molecule has 61 heavy (non-hydrogen) atoms. The third-order valence-corrected chi connectivity index (χ3v) is 9.55. The first-order valence-corrected chi connectivity index (χ1v) is 23.9. The average Bonchev–Trinajstić information content (AvgIpc) is 3.21. The maximum atomic E-state index is 12.7. The molecule has 0 aromatic carbocycles. The summed E-state index contributed by atoms with van der Waals surface area (Å²) in [5, 5.41) is 9.85. The number of esters is 2. The Morgan fingerprint density at radius 2 is 1.15 bits per heavy atom. The van der Waals surface area contributed by atoms with E-state index in [4.69, 9.17) is 18.5 Å². The third kappa shape index (κ3) is 44.2. The molecule has 0 radical (unpaired) electrons.